The first-order valence-electron chi connectivity index (χ1n) is 6.91. The highest BCUT2D eigenvalue weighted by Crippen LogP contribution is 2.30. The first kappa shape index (κ1) is 14.9. The van der Waals surface area contributed by atoms with E-state index in [-0.39, 0.29) is 11.8 Å². The number of hydrogen-bond donors (Lipinski definition) is 2. The molecule has 4 nitrogen and oxygen atoms in total. The van der Waals surface area contributed by atoms with Crippen LogP contribution < -0.4 is 10.6 Å². The van der Waals surface area contributed by atoms with Crippen LogP contribution in [0.25, 0.3) is 0 Å². The van der Waals surface area contributed by atoms with Crippen LogP contribution in [0.5, 0.6) is 0 Å². The van der Waals surface area contributed by atoms with Crippen molar-refractivity contribution in [3.63, 3.8) is 0 Å². The van der Waals surface area contributed by atoms with Crippen LogP contribution in [0.1, 0.15) is 24.5 Å². The molecule has 0 atom stereocenters. The molecule has 0 spiro atoms. The standard InChI is InChI=1S/C15H20N2O2S/c1-11(18)16-6-7-17-15(19)10-12-4-5-14-13(9-12)3-2-8-20-14/h4-5,9H,2-3,6-8,10H2,1H3,(H,16,18)(H,17,19). The van der Waals surface area contributed by atoms with Crippen molar-refractivity contribution >= 4 is 23.6 Å². The second-order valence-electron chi connectivity index (χ2n) is 4.90. The summed E-state index contributed by atoms with van der Waals surface area (Å²) >= 11 is 1.90. The zero-order valence-corrected chi connectivity index (χ0v) is 12.5. The minimum absolute atomic E-state index is 0.00114. The largest absolute Gasteiger partial charge is 0.355 e. The van der Waals surface area contributed by atoms with Crippen molar-refractivity contribution in [2.75, 3.05) is 18.8 Å². The summed E-state index contributed by atoms with van der Waals surface area (Å²) in [5.74, 6) is 1.11. The van der Waals surface area contributed by atoms with E-state index in [1.807, 2.05) is 17.8 Å². The number of amides is 2. The molecule has 1 aromatic carbocycles. The molecule has 1 aromatic rings. The molecule has 0 aliphatic carbocycles. The van der Waals surface area contributed by atoms with Crippen LogP contribution in [0.3, 0.4) is 0 Å². The summed E-state index contributed by atoms with van der Waals surface area (Å²) in [4.78, 5) is 23.8. The number of rotatable bonds is 5. The molecule has 2 N–H and O–H groups in total. The van der Waals surface area contributed by atoms with E-state index in [4.69, 9.17) is 0 Å². The van der Waals surface area contributed by atoms with Crippen molar-refractivity contribution in [3.05, 3.63) is 29.3 Å². The van der Waals surface area contributed by atoms with Gasteiger partial charge in [-0.2, -0.15) is 0 Å². The average molecular weight is 292 g/mol. The van der Waals surface area contributed by atoms with Crippen molar-refractivity contribution in [1.82, 2.24) is 10.6 Å². The minimum Gasteiger partial charge on any atom is -0.355 e. The molecule has 0 bridgehead atoms. The molecule has 0 fully saturated rings. The van der Waals surface area contributed by atoms with E-state index >= 15 is 0 Å². The lowest BCUT2D eigenvalue weighted by molar-refractivity contribution is -0.121. The van der Waals surface area contributed by atoms with E-state index in [0.29, 0.717) is 19.5 Å². The summed E-state index contributed by atoms with van der Waals surface area (Å²) in [5, 5.41) is 5.46. The Morgan fingerprint density at radius 3 is 2.85 bits per heavy atom. The van der Waals surface area contributed by atoms with Crippen molar-refractivity contribution < 1.29 is 9.59 Å². The molecule has 2 rings (SSSR count). The quantitative estimate of drug-likeness (QED) is 0.809. The number of carbonyl (C=O) groups excluding carboxylic acids is 2. The maximum Gasteiger partial charge on any atom is 0.224 e. The highest BCUT2D eigenvalue weighted by atomic mass is 32.2. The number of benzene rings is 1. The normalized spacial score (nSPS) is 13.4. The number of aryl methyl sites for hydroxylation is 1. The van der Waals surface area contributed by atoms with Gasteiger partial charge in [0.25, 0.3) is 0 Å². The molecule has 0 unspecified atom stereocenters. The third-order valence-corrected chi connectivity index (χ3v) is 4.36. The Morgan fingerprint density at radius 2 is 2.05 bits per heavy atom. The second kappa shape index (κ2) is 7.33. The lowest BCUT2D eigenvalue weighted by atomic mass is 10.0. The van der Waals surface area contributed by atoms with Gasteiger partial charge in [0.1, 0.15) is 0 Å². The Kier molecular flexibility index (Phi) is 5.47. The SMILES string of the molecule is CC(=O)NCCNC(=O)Cc1ccc2c(c1)CCCS2. The van der Waals surface area contributed by atoms with Gasteiger partial charge in [-0.1, -0.05) is 12.1 Å². The van der Waals surface area contributed by atoms with Gasteiger partial charge >= 0.3 is 0 Å². The Hall–Kier alpha value is -1.49. The van der Waals surface area contributed by atoms with E-state index < -0.39 is 0 Å². The summed E-state index contributed by atoms with van der Waals surface area (Å²) in [5.41, 5.74) is 2.42. The maximum atomic E-state index is 11.8. The summed E-state index contributed by atoms with van der Waals surface area (Å²) in [6, 6.07) is 6.30. The van der Waals surface area contributed by atoms with Gasteiger partial charge in [-0.05, 0) is 35.8 Å². The zero-order valence-electron chi connectivity index (χ0n) is 11.7. The van der Waals surface area contributed by atoms with Crippen LogP contribution in [0.4, 0.5) is 0 Å². The van der Waals surface area contributed by atoms with Gasteiger partial charge < -0.3 is 10.6 Å². The minimum atomic E-state index is -0.0774. The maximum absolute atomic E-state index is 11.8. The van der Waals surface area contributed by atoms with Gasteiger partial charge in [-0.15, -0.1) is 11.8 Å². The molecule has 0 saturated carbocycles. The molecule has 0 aromatic heterocycles. The fourth-order valence-corrected chi connectivity index (χ4v) is 3.23. The first-order valence-corrected chi connectivity index (χ1v) is 7.89. The van der Waals surface area contributed by atoms with Crippen molar-refractivity contribution in [3.8, 4) is 0 Å². The monoisotopic (exact) mass is 292 g/mol. The molecular formula is C15H20N2O2S. The molecule has 5 heteroatoms. The molecule has 1 heterocycles. The van der Waals surface area contributed by atoms with Gasteiger partial charge in [0.15, 0.2) is 0 Å². The van der Waals surface area contributed by atoms with E-state index in [9.17, 15) is 9.59 Å². The Bertz CT molecular complexity index is 503. The van der Waals surface area contributed by atoms with Crippen LogP contribution in [0, 0.1) is 0 Å². The molecule has 108 valence electrons. The van der Waals surface area contributed by atoms with E-state index in [1.165, 1.54) is 29.6 Å². The first-order chi connectivity index (χ1) is 9.65. The Morgan fingerprint density at radius 1 is 1.25 bits per heavy atom. The second-order valence-corrected chi connectivity index (χ2v) is 6.04. The molecule has 20 heavy (non-hydrogen) atoms. The van der Waals surface area contributed by atoms with Crippen molar-refractivity contribution in [2.45, 2.75) is 31.1 Å². The Labute approximate surface area is 123 Å². The third-order valence-electron chi connectivity index (χ3n) is 3.16. The van der Waals surface area contributed by atoms with Gasteiger partial charge in [0.2, 0.25) is 11.8 Å². The smallest absolute Gasteiger partial charge is 0.224 e. The van der Waals surface area contributed by atoms with Gasteiger partial charge in [-0.3, -0.25) is 9.59 Å². The van der Waals surface area contributed by atoms with Crippen molar-refractivity contribution in [2.24, 2.45) is 0 Å². The molecule has 0 radical (unpaired) electrons. The van der Waals surface area contributed by atoms with Crippen LogP contribution >= 0.6 is 11.8 Å². The number of nitrogens with one attached hydrogen (secondary N) is 2. The number of fused-ring (bicyclic) bond motifs is 1. The highest BCUT2D eigenvalue weighted by molar-refractivity contribution is 7.99. The fourth-order valence-electron chi connectivity index (χ4n) is 2.21. The van der Waals surface area contributed by atoms with E-state index in [0.717, 1.165) is 12.0 Å². The highest BCUT2D eigenvalue weighted by Gasteiger charge is 2.11. The fraction of sp³-hybridized carbons (Fsp3) is 0.467. The third kappa shape index (κ3) is 4.56. The zero-order chi connectivity index (χ0) is 14.4. The molecule has 1 aliphatic heterocycles. The number of hydrogen-bond acceptors (Lipinski definition) is 3. The predicted molar refractivity (Wildman–Crippen MR) is 80.9 cm³/mol. The van der Waals surface area contributed by atoms with Crippen LogP contribution in [-0.4, -0.2) is 30.7 Å². The summed E-state index contributed by atoms with van der Waals surface area (Å²) < 4.78 is 0. The van der Waals surface area contributed by atoms with Gasteiger partial charge in [0, 0.05) is 24.9 Å². The van der Waals surface area contributed by atoms with E-state index in [2.05, 4.69) is 22.8 Å². The number of thioether (sulfide) groups is 1. The molecule has 0 saturated heterocycles. The van der Waals surface area contributed by atoms with Crippen LogP contribution in [-0.2, 0) is 22.4 Å². The summed E-state index contributed by atoms with van der Waals surface area (Å²) in [6.45, 7) is 2.41. The molecule has 1 aliphatic rings. The van der Waals surface area contributed by atoms with E-state index in [1.54, 1.807) is 0 Å². The van der Waals surface area contributed by atoms with Crippen LogP contribution in [0.15, 0.2) is 23.1 Å². The van der Waals surface area contributed by atoms with Crippen LogP contribution in [0.2, 0.25) is 0 Å². The average Bonchev–Trinajstić information content (AvgIpc) is 2.43. The lowest BCUT2D eigenvalue weighted by Gasteiger charge is -2.16. The van der Waals surface area contributed by atoms with Gasteiger partial charge in [-0.25, -0.2) is 0 Å². The Balaban J connectivity index is 1.80. The van der Waals surface area contributed by atoms with Gasteiger partial charge in [0.05, 0.1) is 6.42 Å². The summed E-state index contributed by atoms with van der Waals surface area (Å²) in [7, 11) is 0. The number of carbonyl (C=O) groups is 2. The summed E-state index contributed by atoms with van der Waals surface area (Å²) in [6.07, 6.45) is 2.72. The topological polar surface area (TPSA) is 58.2 Å². The lowest BCUT2D eigenvalue weighted by Crippen LogP contribution is -2.34. The molecule has 2 amide bonds. The van der Waals surface area contributed by atoms with Crippen molar-refractivity contribution in [1.29, 1.82) is 0 Å². The predicted octanol–water partition coefficient (Wildman–Crippen LogP) is 1.52. The molecular weight excluding hydrogens is 272 g/mol.